The summed E-state index contributed by atoms with van der Waals surface area (Å²) in [5, 5.41) is 20.6. The fraction of sp³-hybridized carbons (Fsp3) is 0.281. The topological polar surface area (TPSA) is 101 Å². The normalized spacial score (nSPS) is 22.9. The Hall–Kier alpha value is -4.03. The molecule has 3 unspecified atom stereocenters. The van der Waals surface area contributed by atoms with Crippen LogP contribution in [0.15, 0.2) is 91.0 Å². The first-order valence-electron chi connectivity index (χ1n) is 12.9. The Balaban J connectivity index is 1.37. The number of rotatable bonds is 8. The van der Waals surface area contributed by atoms with Crippen LogP contribution in [0.5, 0.6) is 0 Å². The van der Waals surface area contributed by atoms with Gasteiger partial charge in [0.2, 0.25) is 0 Å². The molecule has 2 N–H and O–H groups in total. The maximum atomic E-state index is 13.3. The van der Waals surface area contributed by atoms with Crippen molar-refractivity contribution in [2.24, 2.45) is 11.8 Å². The minimum atomic E-state index is -1.67. The van der Waals surface area contributed by atoms with Crippen LogP contribution in [0, 0.1) is 11.8 Å². The molecule has 1 saturated carbocycles. The highest BCUT2D eigenvalue weighted by molar-refractivity contribution is 5.93. The van der Waals surface area contributed by atoms with E-state index >= 15 is 0 Å². The second kappa shape index (κ2) is 10.8. The molecule has 3 aromatic carbocycles. The lowest BCUT2D eigenvalue weighted by Crippen LogP contribution is -2.48. The number of carboxylic acid groups (broad SMARTS) is 1. The summed E-state index contributed by atoms with van der Waals surface area (Å²) in [5.74, 6) is -2.72. The van der Waals surface area contributed by atoms with Crippen molar-refractivity contribution in [2.45, 2.75) is 43.8 Å². The fourth-order valence-electron chi connectivity index (χ4n) is 5.79. The Kier molecular flexibility index (Phi) is 7.25. The Bertz CT molecular complexity index is 1350. The van der Waals surface area contributed by atoms with E-state index in [0.717, 1.165) is 11.1 Å². The van der Waals surface area contributed by atoms with Crippen LogP contribution in [0.2, 0.25) is 0 Å². The molecule has 0 aliphatic heterocycles. The van der Waals surface area contributed by atoms with Crippen LogP contribution in [0.1, 0.15) is 40.7 Å². The van der Waals surface area contributed by atoms with Crippen molar-refractivity contribution >= 4 is 17.7 Å². The highest BCUT2D eigenvalue weighted by Crippen LogP contribution is 2.43. The van der Waals surface area contributed by atoms with Crippen LogP contribution in [0.4, 0.5) is 0 Å². The van der Waals surface area contributed by atoms with Gasteiger partial charge in [-0.15, -0.1) is 0 Å². The lowest BCUT2D eigenvalue weighted by Gasteiger charge is -2.35. The van der Waals surface area contributed by atoms with E-state index in [2.05, 4.69) is 0 Å². The van der Waals surface area contributed by atoms with Gasteiger partial charge in [0.15, 0.2) is 11.4 Å². The third kappa shape index (κ3) is 5.18. The highest BCUT2D eigenvalue weighted by atomic mass is 16.6. The quantitative estimate of drug-likeness (QED) is 0.325. The molecule has 2 aliphatic rings. The predicted molar refractivity (Wildman–Crippen MR) is 142 cm³/mol. The molecule has 0 saturated heterocycles. The number of aliphatic hydroxyl groups is 1. The smallest absolute Gasteiger partial charge is 0.338 e. The number of ether oxygens (including phenoxy) is 1. The highest BCUT2D eigenvalue weighted by Gasteiger charge is 2.53. The molecule has 0 bridgehead atoms. The standard InChI is InChI=1S/C32H30O6/c33-28(26-18-23-9-4-5-10-24(23)19-26)15-13-27-14-16-29(34)32(27,20-30(35)36)38-31(37)25-12-6-11-22(17-25)21-7-2-1-3-8-21/h1-13,15,17,26-27,29,34H,14,16,18-20H2,(H,35,36). The van der Waals surface area contributed by atoms with E-state index in [4.69, 9.17) is 4.74 Å². The van der Waals surface area contributed by atoms with E-state index in [1.807, 2.05) is 60.7 Å². The van der Waals surface area contributed by atoms with Gasteiger partial charge in [0, 0.05) is 11.8 Å². The number of esters is 1. The maximum Gasteiger partial charge on any atom is 0.338 e. The number of hydrogen-bond donors (Lipinski definition) is 2. The summed E-state index contributed by atoms with van der Waals surface area (Å²) in [5.41, 5.74) is 2.68. The van der Waals surface area contributed by atoms with Gasteiger partial charge in [-0.05, 0) is 66.1 Å². The lowest BCUT2D eigenvalue weighted by atomic mass is 9.84. The maximum absolute atomic E-state index is 13.3. The van der Waals surface area contributed by atoms with E-state index in [1.165, 1.54) is 17.2 Å². The van der Waals surface area contributed by atoms with Gasteiger partial charge in [-0.25, -0.2) is 4.79 Å². The fourth-order valence-corrected chi connectivity index (χ4v) is 5.79. The first-order chi connectivity index (χ1) is 18.4. The monoisotopic (exact) mass is 510 g/mol. The molecule has 6 heteroatoms. The van der Waals surface area contributed by atoms with Crippen LogP contribution < -0.4 is 0 Å². The molecule has 2 aliphatic carbocycles. The molecule has 3 atom stereocenters. The van der Waals surface area contributed by atoms with E-state index in [-0.39, 0.29) is 23.7 Å². The summed E-state index contributed by atoms with van der Waals surface area (Å²) in [6.45, 7) is 0. The lowest BCUT2D eigenvalue weighted by molar-refractivity contribution is -0.150. The second-order valence-corrected chi connectivity index (χ2v) is 10.2. The van der Waals surface area contributed by atoms with Crippen LogP contribution in [0.25, 0.3) is 11.1 Å². The van der Waals surface area contributed by atoms with Crippen molar-refractivity contribution in [3.8, 4) is 11.1 Å². The first-order valence-corrected chi connectivity index (χ1v) is 12.9. The number of benzene rings is 3. The second-order valence-electron chi connectivity index (χ2n) is 10.2. The number of carboxylic acids is 1. The van der Waals surface area contributed by atoms with E-state index in [0.29, 0.717) is 19.3 Å². The van der Waals surface area contributed by atoms with Gasteiger partial charge in [0.05, 0.1) is 18.1 Å². The van der Waals surface area contributed by atoms with E-state index in [1.54, 1.807) is 24.3 Å². The average molecular weight is 511 g/mol. The minimum absolute atomic E-state index is 0.0475. The molecule has 5 rings (SSSR count). The number of aliphatic hydroxyl groups excluding tert-OH is 1. The molecule has 6 nitrogen and oxygen atoms in total. The summed E-state index contributed by atoms with van der Waals surface area (Å²) >= 11 is 0. The summed E-state index contributed by atoms with van der Waals surface area (Å²) in [7, 11) is 0. The molecular weight excluding hydrogens is 480 g/mol. The Morgan fingerprint density at radius 1 is 0.868 bits per heavy atom. The van der Waals surface area contributed by atoms with Crippen molar-refractivity contribution in [1.29, 1.82) is 0 Å². The largest absolute Gasteiger partial charge is 0.481 e. The van der Waals surface area contributed by atoms with E-state index in [9.17, 15) is 24.6 Å². The number of ketones is 1. The SMILES string of the molecule is O=C(O)CC1(OC(=O)c2cccc(-c3ccccc3)c2)C(O)CCC1C=CC(=O)C1Cc2ccccc2C1. The van der Waals surface area contributed by atoms with Crippen molar-refractivity contribution in [3.63, 3.8) is 0 Å². The third-order valence-corrected chi connectivity index (χ3v) is 7.80. The molecule has 194 valence electrons. The van der Waals surface area contributed by atoms with Crippen molar-refractivity contribution in [1.82, 2.24) is 0 Å². The van der Waals surface area contributed by atoms with Gasteiger partial charge in [0.1, 0.15) is 0 Å². The zero-order chi connectivity index (χ0) is 26.7. The first kappa shape index (κ1) is 25.6. The zero-order valence-corrected chi connectivity index (χ0v) is 21.0. The number of hydrogen-bond acceptors (Lipinski definition) is 5. The number of allylic oxidation sites excluding steroid dienone is 1. The van der Waals surface area contributed by atoms with Gasteiger partial charge in [-0.2, -0.15) is 0 Å². The number of carbonyl (C=O) groups excluding carboxylic acids is 2. The van der Waals surface area contributed by atoms with Gasteiger partial charge in [-0.1, -0.05) is 72.8 Å². The van der Waals surface area contributed by atoms with Gasteiger partial charge >= 0.3 is 11.9 Å². The molecule has 0 heterocycles. The number of carbonyl (C=O) groups is 3. The molecule has 0 amide bonds. The van der Waals surface area contributed by atoms with Crippen LogP contribution in [0.3, 0.4) is 0 Å². The molecule has 3 aromatic rings. The van der Waals surface area contributed by atoms with E-state index < -0.39 is 36.0 Å². The molecule has 38 heavy (non-hydrogen) atoms. The predicted octanol–water partition coefficient (Wildman–Crippen LogP) is 5.04. The summed E-state index contributed by atoms with van der Waals surface area (Å²) < 4.78 is 5.89. The molecule has 0 aromatic heterocycles. The molecular formula is C32H30O6. The average Bonchev–Trinajstić information content (AvgIpc) is 3.49. The van der Waals surface area contributed by atoms with Crippen LogP contribution in [-0.4, -0.2) is 39.6 Å². The number of fused-ring (bicyclic) bond motifs is 1. The Morgan fingerprint density at radius 3 is 2.21 bits per heavy atom. The minimum Gasteiger partial charge on any atom is -0.481 e. The van der Waals surface area contributed by atoms with Gasteiger partial charge in [-0.3, -0.25) is 9.59 Å². The zero-order valence-electron chi connectivity index (χ0n) is 21.0. The van der Waals surface area contributed by atoms with Gasteiger partial charge < -0.3 is 14.9 Å². The molecule has 1 fully saturated rings. The summed E-state index contributed by atoms with van der Waals surface area (Å²) in [6.07, 6.45) is 3.40. The Morgan fingerprint density at radius 2 is 1.53 bits per heavy atom. The van der Waals surface area contributed by atoms with Crippen LogP contribution >= 0.6 is 0 Å². The van der Waals surface area contributed by atoms with Crippen LogP contribution in [-0.2, 0) is 27.2 Å². The third-order valence-electron chi connectivity index (χ3n) is 7.80. The number of aliphatic carboxylic acids is 1. The summed E-state index contributed by atoms with van der Waals surface area (Å²) in [4.78, 5) is 38.2. The van der Waals surface area contributed by atoms with Crippen molar-refractivity contribution < 1.29 is 29.3 Å². The van der Waals surface area contributed by atoms with Crippen molar-refractivity contribution in [2.75, 3.05) is 0 Å². The molecule has 0 spiro atoms. The van der Waals surface area contributed by atoms with Crippen molar-refractivity contribution in [3.05, 3.63) is 108 Å². The Labute approximate surface area is 221 Å². The molecule has 0 radical (unpaired) electrons. The van der Waals surface area contributed by atoms with Gasteiger partial charge in [0.25, 0.3) is 0 Å². The summed E-state index contributed by atoms with van der Waals surface area (Å²) in [6, 6.07) is 24.5.